The summed E-state index contributed by atoms with van der Waals surface area (Å²) in [6.07, 6.45) is 4.49. The molecular weight excluding hydrogens is 342 g/mol. The predicted molar refractivity (Wildman–Crippen MR) is 107 cm³/mol. The number of para-hydroxylation sites is 1. The zero-order valence-electron chi connectivity index (χ0n) is 15.9. The molecule has 0 heterocycles. The molecule has 5 heteroatoms. The third-order valence-electron chi connectivity index (χ3n) is 4.58. The van der Waals surface area contributed by atoms with Crippen molar-refractivity contribution >= 4 is 17.4 Å². The normalized spacial score (nSPS) is 10.6. The molecule has 0 amide bonds. The summed E-state index contributed by atoms with van der Waals surface area (Å²) in [5, 5.41) is 23.0. The Kier molecular flexibility index (Phi) is 7.41. The van der Waals surface area contributed by atoms with Crippen LogP contribution in [-0.4, -0.2) is 28.5 Å². The molecule has 0 unspecified atom stereocenters. The first-order chi connectivity index (χ1) is 13.0. The molecule has 0 atom stereocenters. The van der Waals surface area contributed by atoms with Gasteiger partial charge in [0.2, 0.25) is 0 Å². The summed E-state index contributed by atoms with van der Waals surface area (Å²) >= 11 is 0. The number of carbonyl (C=O) groups excluding carboxylic acids is 1. The quantitative estimate of drug-likeness (QED) is 0.316. The van der Waals surface area contributed by atoms with Gasteiger partial charge in [-0.05, 0) is 43.5 Å². The molecule has 5 nitrogen and oxygen atoms in total. The number of carboxylic acids is 1. The number of phenols is 1. The molecule has 2 rings (SSSR count). The number of nitrogens with one attached hydrogen (secondary N) is 1. The predicted octanol–water partition coefficient (Wildman–Crippen LogP) is 4.88. The monoisotopic (exact) mass is 369 g/mol. The fourth-order valence-corrected chi connectivity index (χ4v) is 3.20. The maximum absolute atomic E-state index is 13.1. The topological polar surface area (TPSA) is 86.6 Å². The number of rotatable bonds is 10. The van der Waals surface area contributed by atoms with Gasteiger partial charge in [-0.1, -0.05) is 44.4 Å². The molecule has 0 saturated carbocycles. The highest BCUT2D eigenvalue weighted by Crippen LogP contribution is 2.31. The number of benzene rings is 2. The Hall–Kier alpha value is -2.82. The Labute approximate surface area is 160 Å². The highest BCUT2D eigenvalue weighted by atomic mass is 16.4. The number of aromatic hydroxyl groups is 1. The van der Waals surface area contributed by atoms with Gasteiger partial charge in [-0.3, -0.25) is 4.79 Å². The number of hydrogen-bond donors (Lipinski definition) is 3. The molecule has 144 valence electrons. The van der Waals surface area contributed by atoms with Gasteiger partial charge in [0, 0.05) is 12.1 Å². The van der Waals surface area contributed by atoms with E-state index < -0.39 is 5.97 Å². The number of carboxylic acid groups (broad SMARTS) is 1. The van der Waals surface area contributed by atoms with Crippen LogP contribution < -0.4 is 5.32 Å². The second kappa shape index (κ2) is 9.76. The van der Waals surface area contributed by atoms with Crippen LogP contribution in [0.25, 0.3) is 0 Å². The molecule has 2 aromatic rings. The van der Waals surface area contributed by atoms with Crippen molar-refractivity contribution in [3.63, 3.8) is 0 Å². The average Bonchev–Trinajstić information content (AvgIpc) is 2.66. The van der Waals surface area contributed by atoms with E-state index in [0.29, 0.717) is 29.8 Å². The molecule has 3 N–H and O–H groups in total. The van der Waals surface area contributed by atoms with E-state index in [1.54, 1.807) is 30.3 Å². The van der Waals surface area contributed by atoms with Gasteiger partial charge in [0.1, 0.15) is 5.75 Å². The lowest BCUT2D eigenvalue weighted by Gasteiger charge is -2.14. The molecule has 0 saturated heterocycles. The number of hydrogen-bond acceptors (Lipinski definition) is 4. The van der Waals surface area contributed by atoms with E-state index in [0.717, 1.165) is 25.7 Å². The molecule has 0 radical (unpaired) electrons. The number of ketones is 1. The average molecular weight is 369 g/mol. The van der Waals surface area contributed by atoms with Gasteiger partial charge in [-0.2, -0.15) is 0 Å². The standard InChI is InChI=1S/C22H27NO4/c1-3-5-6-7-10-15-16(11-8-12-17(15)22(26)27)20(24)18-13-9-14-19(21(18)25)23-4-2/h8-9,11-14,23,25H,3-7,10H2,1-2H3,(H,26,27). The molecule has 0 aliphatic rings. The molecular formula is C22H27NO4. The van der Waals surface area contributed by atoms with Gasteiger partial charge in [0.15, 0.2) is 5.78 Å². The third-order valence-corrected chi connectivity index (χ3v) is 4.58. The number of aromatic carboxylic acids is 1. The zero-order chi connectivity index (χ0) is 19.8. The summed E-state index contributed by atoms with van der Waals surface area (Å²) in [6, 6.07) is 9.72. The van der Waals surface area contributed by atoms with Gasteiger partial charge in [0.25, 0.3) is 0 Å². The minimum atomic E-state index is -1.04. The summed E-state index contributed by atoms with van der Waals surface area (Å²) in [5.41, 5.74) is 1.70. The van der Waals surface area contributed by atoms with Crippen LogP contribution in [0.15, 0.2) is 36.4 Å². The van der Waals surface area contributed by atoms with E-state index in [2.05, 4.69) is 12.2 Å². The van der Waals surface area contributed by atoms with E-state index >= 15 is 0 Å². The summed E-state index contributed by atoms with van der Waals surface area (Å²) in [4.78, 5) is 24.8. The van der Waals surface area contributed by atoms with Crippen LogP contribution in [0.4, 0.5) is 5.69 Å². The van der Waals surface area contributed by atoms with Crippen molar-refractivity contribution in [2.75, 3.05) is 11.9 Å². The molecule has 2 aromatic carbocycles. The number of phenolic OH excluding ortho intramolecular Hbond substituents is 1. The Bertz CT molecular complexity index is 814. The van der Waals surface area contributed by atoms with Crippen LogP contribution in [0.1, 0.15) is 71.4 Å². The van der Waals surface area contributed by atoms with E-state index in [-0.39, 0.29) is 22.7 Å². The van der Waals surface area contributed by atoms with E-state index in [1.165, 1.54) is 6.07 Å². The van der Waals surface area contributed by atoms with Gasteiger partial charge in [0.05, 0.1) is 16.8 Å². The van der Waals surface area contributed by atoms with Crippen LogP contribution in [0.2, 0.25) is 0 Å². The maximum Gasteiger partial charge on any atom is 0.335 e. The van der Waals surface area contributed by atoms with E-state index in [4.69, 9.17) is 0 Å². The second-order valence-electron chi connectivity index (χ2n) is 6.51. The smallest absolute Gasteiger partial charge is 0.335 e. The maximum atomic E-state index is 13.1. The highest BCUT2D eigenvalue weighted by Gasteiger charge is 2.22. The SMILES string of the molecule is CCCCCCc1c(C(=O)O)cccc1C(=O)c1cccc(NCC)c1O. The Morgan fingerprint density at radius 3 is 2.26 bits per heavy atom. The highest BCUT2D eigenvalue weighted by molar-refractivity contribution is 6.13. The summed E-state index contributed by atoms with van der Waals surface area (Å²) < 4.78 is 0. The first-order valence-corrected chi connectivity index (χ1v) is 9.46. The minimum Gasteiger partial charge on any atom is -0.505 e. The summed E-state index contributed by atoms with van der Waals surface area (Å²) in [6.45, 7) is 4.63. The third kappa shape index (κ3) is 4.88. The van der Waals surface area contributed by atoms with Crippen molar-refractivity contribution in [3.8, 4) is 5.75 Å². The Morgan fingerprint density at radius 1 is 0.926 bits per heavy atom. The van der Waals surface area contributed by atoms with E-state index in [9.17, 15) is 19.8 Å². The van der Waals surface area contributed by atoms with Gasteiger partial charge < -0.3 is 15.5 Å². The lowest BCUT2D eigenvalue weighted by molar-refractivity contribution is 0.0695. The molecule has 0 spiro atoms. The van der Waals surface area contributed by atoms with Crippen molar-refractivity contribution in [2.24, 2.45) is 0 Å². The van der Waals surface area contributed by atoms with Crippen LogP contribution in [0.3, 0.4) is 0 Å². The first kappa shape index (κ1) is 20.5. The van der Waals surface area contributed by atoms with Gasteiger partial charge >= 0.3 is 5.97 Å². The van der Waals surface area contributed by atoms with Crippen molar-refractivity contribution in [3.05, 3.63) is 58.7 Å². The number of carbonyl (C=O) groups is 2. The van der Waals surface area contributed by atoms with Crippen molar-refractivity contribution in [2.45, 2.75) is 46.0 Å². The molecule has 0 aliphatic carbocycles. The van der Waals surface area contributed by atoms with Crippen LogP contribution in [-0.2, 0) is 6.42 Å². The number of unbranched alkanes of at least 4 members (excludes halogenated alkanes) is 3. The van der Waals surface area contributed by atoms with Crippen LogP contribution in [0.5, 0.6) is 5.75 Å². The molecule has 0 aliphatic heterocycles. The molecule has 0 bridgehead atoms. The lowest BCUT2D eigenvalue weighted by atomic mass is 9.90. The largest absolute Gasteiger partial charge is 0.505 e. The van der Waals surface area contributed by atoms with Crippen molar-refractivity contribution in [1.82, 2.24) is 0 Å². The second-order valence-corrected chi connectivity index (χ2v) is 6.51. The van der Waals surface area contributed by atoms with Crippen molar-refractivity contribution in [1.29, 1.82) is 0 Å². The fraction of sp³-hybridized carbons (Fsp3) is 0.364. The first-order valence-electron chi connectivity index (χ1n) is 9.46. The summed E-state index contributed by atoms with van der Waals surface area (Å²) in [5.74, 6) is -1.51. The zero-order valence-corrected chi connectivity index (χ0v) is 15.9. The van der Waals surface area contributed by atoms with Gasteiger partial charge in [-0.15, -0.1) is 0 Å². The van der Waals surface area contributed by atoms with Gasteiger partial charge in [-0.25, -0.2) is 4.79 Å². The molecule has 27 heavy (non-hydrogen) atoms. The number of anilines is 1. The Balaban J connectivity index is 2.45. The van der Waals surface area contributed by atoms with E-state index in [1.807, 2.05) is 6.92 Å². The molecule has 0 fully saturated rings. The molecule has 0 aromatic heterocycles. The van der Waals surface area contributed by atoms with Crippen molar-refractivity contribution < 1.29 is 19.8 Å². The lowest BCUT2D eigenvalue weighted by Crippen LogP contribution is -2.12. The minimum absolute atomic E-state index is 0.109. The van der Waals surface area contributed by atoms with Crippen LogP contribution in [0, 0.1) is 0 Å². The summed E-state index contributed by atoms with van der Waals surface area (Å²) in [7, 11) is 0. The Morgan fingerprint density at radius 2 is 1.59 bits per heavy atom. The van der Waals surface area contributed by atoms with Crippen LogP contribution >= 0.6 is 0 Å². The fourth-order valence-electron chi connectivity index (χ4n) is 3.20.